The van der Waals surface area contributed by atoms with Crippen LogP contribution in [-0.4, -0.2) is 18.4 Å². The van der Waals surface area contributed by atoms with Crippen molar-refractivity contribution in [1.82, 2.24) is 0 Å². The monoisotopic (exact) mass is 464 g/mol. The van der Waals surface area contributed by atoms with Gasteiger partial charge >= 0.3 is 5.97 Å². The molecule has 30 heavy (non-hydrogen) atoms. The molecule has 0 spiro atoms. The zero-order chi connectivity index (χ0) is 21.1. The topological polar surface area (TPSA) is 61.8 Å². The van der Waals surface area contributed by atoms with Crippen molar-refractivity contribution in [2.24, 2.45) is 0 Å². The van der Waals surface area contributed by atoms with Crippen LogP contribution in [0.1, 0.15) is 33.2 Å². The predicted molar refractivity (Wildman–Crippen MR) is 116 cm³/mol. The number of fused-ring (bicyclic) bond motifs is 1. The molecule has 0 amide bonds. The van der Waals surface area contributed by atoms with Crippen LogP contribution >= 0.6 is 15.9 Å². The Morgan fingerprint density at radius 1 is 1.07 bits per heavy atom. The van der Waals surface area contributed by atoms with E-state index in [4.69, 9.17) is 14.2 Å². The lowest BCUT2D eigenvalue weighted by Gasteiger charge is -2.08. The predicted octanol–water partition coefficient (Wildman–Crippen LogP) is 5.68. The van der Waals surface area contributed by atoms with Crippen molar-refractivity contribution in [1.29, 1.82) is 0 Å². The van der Waals surface area contributed by atoms with Crippen molar-refractivity contribution in [2.75, 3.05) is 6.61 Å². The van der Waals surface area contributed by atoms with Crippen LogP contribution in [0.25, 0.3) is 6.08 Å². The fourth-order valence-electron chi connectivity index (χ4n) is 3.00. The summed E-state index contributed by atoms with van der Waals surface area (Å²) in [4.78, 5) is 25.2. The molecule has 150 valence electrons. The van der Waals surface area contributed by atoms with Gasteiger partial charge in [-0.2, -0.15) is 0 Å². The Kier molecular flexibility index (Phi) is 5.68. The Morgan fingerprint density at radius 2 is 1.83 bits per heavy atom. The van der Waals surface area contributed by atoms with Crippen molar-refractivity contribution < 1.29 is 23.8 Å². The summed E-state index contributed by atoms with van der Waals surface area (Å²) in [6, 6.07) is 19.0. The number of hydrogen-bond acceptors (Lipinski definition) is 5. The van der Waals surface area contributed by atoms with Gasteiger partial charge in [0.2, 0.25) is 5.78 Å². The lowest BCUT2D eigenvalue weighted by atomic mass is 10.1. The van der Waals surface area contributed by atoms with E-state index >= 15 is 0 Å². The summed E-state index contributed by atoms with van der Waals surface area (Å²) in [5.74, 6) is 0.848. The van der Waals surface area contributed by atoms with Gasteiger partial charge in [0.05, 0.1) is 17.7 Å². The average molecular weight is 465 g/mol. The molecule has 0 atom stereocenters. The molecule has 3 aromatic rings. The Labute approximate surface area is 182 Å². The SMILES string of the molecule is CCOc1ccc2c(c1)O/C(=C\c1ccccc1OC(=O)c1ccc(Br)cc1)C2=O. The molecule has 0 fully saturated rings. The molecule has 0 aromatic heterocycles. The van der Waals surface area contributed by atoms with Gasteiger partial charge in [0.15, 0.2) is 5.76 Å². The third-order valence-electron chi connectivity index (χ3n) is 4.44. The molecule has 4 rings (SSSR count). The van der Waals surface area contributed by atoms with E-state index in [1.165, 1.54) is 0 Å². The number of hydrogen-bond donors (Lipinski definition) is 0. The van der Waals surface area contributed by atoms with Gasteiger partial charge in [-0.15, -0.1) is 0 Å². The van der Waals surface area contributed by atoms with Crippen LogP contribution in [-0.2, 0) is 0 Å². The molecule has 0 bridgehead atoms. The summed E-state index contributed by atoms with van der Waals surface area (Å²) >= 11 is 3.34. The van der Waals surface area contributed by atoms with Crippen LogP contribution in [0.5, 0.6) is 17.2 Å². The number of carbonyl (C=O) groups is 2. The Morgan fingerprint density at radius 3 is 2.60 bits per heavy atom. The van der Waals surface area contributed by atoms with Gasteiger partial charge in [0.1, 0.15) is 17.2 Å². The fourth-order valence-corrected chi connectivity index (χ4v) is 3.27. The molecule has 0 N–H and O–H groups in total. The van der Waals surface area contributed by atoms with E-state index in [1.807, 2.05) is 6.92 Å². The van der Waals surface area contributed by atoms with E-state index in [9.17, 15) is 9.59 Å². The second-order valence-electron chi connectivity index (χ2n) is 6.46. The summed E-state index contributed by atoms with van der Waals surface area (Å²) in [5, 5.41) is 0. The number of para-hydroxylation sites is 1. The molecule has 5 nitrogen and oxygen atoms in total. The molecule has 0 aliphatic carbocycles. The maximum Gasteiger partial charge on any atom is 0.343 e. The highest BCUT2D eigenvalue weighted by atomic mass is 79.9. The second kappa shape index (κ2) is 8.55. The average Bonchev–Trinajstić information content (AvgIpc) is 3.05. The van der Waals surface area contributed by atoms with Gasteiger partial charge in [0.25, 0.3) is 0 Å². The summed E-state index contributed by atoms with van der Waals surface area (Å²) in [6.45, 7) is 2.41. The summed E-state index contributed by atoms with van der Waals surface area (Å²) in [5.41, 5.74) is 1.45. The number of benzene rings is 3. The first kappa shape index (κ1) is 19.9. The number of halogens is 1. The zero-order valence-corrected chi connectivity index (χ0v) is 17.6. The smallest absolute Gasteiger partial charge is 0.343 e. The Bertz CT molecular complexity index is 1150. The van der Waals surface area contributed by atoms with E-state index in [0.29, 0.717) is 40.5 Å². The normalized spacial score (nSPS) is 13.7. The first-order valence-electron chi connectivity index (χ1n) is 9.33. The number of carbonyl (C=O) groups excluding carboxylic acids is 2. The lowest BCUT2D eigenvalue weighted by Crippen LogP contribution is -2.09. The second-order valence-corrected chi connectivity index (χ2v) is 7.38. The zero-order valence-electron chi connectivity index (χ0n) is 16.1. The number of ketones is 1. The molecule has 0 unspecified atom stereocenters. The summed E-state index contributed by atoms with van der Waals surface area (Å²) < 4.78 is 17.6. The number of esters is 1. The minimum atomic E-state index is -0.489. The van der Waals surface area contributed by atoms with Crippen molar-refractivity contribution in [3.8, 4) is 17.2 Å². The number of Topliss-reactive ketones (excluding diaryl/α,β-unsaturated/α-hetero) is 1. The first-order chi connectivity index (χ1) is 14.5. The minimum Gasteiger partial charge on any atom is -0.494 e. The largest absolute Gasteiger partial charge is 0.494 e. The van der Waals surface area contributed by atoms with Crippen LogP contribution < -0.4 is 14.2 Å². The van der Waals surface area contributed by atoms with Crippen molar-refractivity contribution in [3.05, 3.63) is 93.7 Å². The Balaban J connectivity index is 1.59. The fraction of sp³-hybridized carbons (Fsp3) is 0.0833. The van der Waals surface area contributed by atoms with E-state index in [1.54, 1.807) is 72.8 Å². The van der Waals surface area contributed by atoms with Gasteiger partial charge < -0.3 is 14.2 Å². The Hall–Kier alpha value is -3.38. The maximum absolute atomic E-state index is 12.7. The molecule has 0 saturated heterocycles. The summed E-state index contributed by atoms with van der Waals surface area (Å²) in [6.07, 6.45) is 1.58. The summed E-state index contributed by atoms with van der Waals surface area (Å²) in [7, 11) is 0. The highest BCUT2D eigenvalue weighted by Crippen LogP contribution is 2.35. The molecular weight excluding hydrogens is 448 g/mol. The van der Waals surface area contributed by atoms with Crippen molar-refractivity contribution in [3.63, 3.8) is 0 Å². The van der Waals surface area contributed by atoms with Crippen LogP contribution in [0.3, 0.4) is 0 Å². The number of ether oxygens (including phenoxy) is 3. The van der Waals surface area contributed by atoms with Gasteiger partial charge in [-0.1, -0.05) is 34.1 Å². The first-order valence-corrected chi connectivity index (χ1v) is 10.1. The quantitative estimate of drug-likeness (QED) is 0.276. The third kappa shape index (κ3) is 4.14. The molecule has 1 aliphatic heterocycles. The van der Waals surface area contributed by atoms with Gasteiger partial charge in [-0.25, -0.2) is 4.79 Å². The van der Waals surface area contributed by atoms with E-state index in [0.717, 1.165) is 4.47 Å². The molecule has 6 heteroatoms. The maximum atomic E-state index is 12.7. The lowest BCUT2D eigenvalue weighted by molar-refractivity contribution is 0.0734. The van der Waals surface area contributed by atoms with Crippen LogP contribution in [0.2, 0.25) is 0 Å². The van der Waals surface area contributed by atoms with Crippen LogP contribution in [0, 0.1) is 0 Å². The standard InChI is InChI=1S/C24H17BrO5/c1-2-28-18-11-12-19-21(14-18)29-22(23(19)26)13-16-5-3-4-6-20(16)30-24(27)15-7-9-17(25)10-8-15/h3-14H,2H2,1H3/b22-13-. The van der Waals surface area contributed by atoms with Crippen molar-refractivity contribution >= 4 is 33.8 Å². The van der Waals surface area contributed by atoms with Gasteiger partial charge in [-0.3, -0.25) is 4.79 Å². The highest BCUT2D eigenvalue weighted by molar-refractivity contribution is 9.10. The van der Waals surface area contributed by atoms with E-state index in [2.05, 4.69) is 15.9 Å². The minimum absolute atomic E-state index is 0.158. The van der Waals surface area contributed by atoms with Crippen LogP contribution in [0.15, 0.2) is 77.0 Å². The van der Waals surface area contributed by atoms with Crippen molar-refractivity contribution in [2.45, 2.75) is 6.92 Å². The number of allylic oxidation sites excluding steroid dienone is 1. The highest BCUT2D eigenvalue weighted by Gasteiger charge is 2.28. The molecule has 1 heterocycles. The van der Waals surface area contributed by atoms with Gasteiger partial charge in [0, 0.05) is 16.1 Å². The molecule has 1 aliphatic rings. The van der Waals surface area contributed by atoms with Crippen LogP contribution in [0.4, 0.5) is 0 Å². The molecule has 3 aromatic carbocycles. The molecule has 0 radical (unpaired) electrons. The third-order valence-corrected chi connectivity index (χ3v) is 4.97. The molecular formula is C24H17BrO5. The number of rotatable bonds is 5. The molecule has 0 saturated carbocycles. The van der Waals surface area contributed by atoms with E-state index in [-0.39, 0.29) is 11.5 Å². The van der Waals surface area contributed by atoms with Gasteiger partial charge in [-0.05, 0) is 55.5 Å². The van der Waals surface area contributed by atoms with E-state index < -0.39 is 5.97 Å².